The second kappa shape index (κ2) is 6.33. The topological polar surface area (TPSA) is 87.1 Å². The fourth-order valence-electron chi connectivity index (χ4n) is 3.41. The van der Waals surface area contributed by atoms with Gasteiger partial charge < -0.3 is 14.9 Å². The van der Waals surface area contributed by atoms with Crippen molar-refractivity contribution in [3.05, 3.63) is 35.9 Å². The molecule has 0 saturated carbocycles. The third kappa shape index (κ3) is 3.35. The fraction of sp³-hybridized carbons (Fsp3) is 0.579. The second-order valence-electron chi connectivity index (χ2n) is 8.16. The zero-order chi connectivity index (χ0) is 19.0. The van der Waals surface area contributed by atoms with E-state index in [2.05, 4.69) is 0 Å². The van der Waals surface area contributed by atoms with Crippen molar-refractivity contribution < 1.29 is 24.5 Å². The van der Waals surface area contributed by atoms with E-state index in [4.69, 9.17) is 4.74 Å². The molecule has 2 N–H and O–H groups in total. The van der Waals surface area contributed by atoms with Crippen molar-refractivity contribution in [2.24, 2.45) is 5.41 Å². The number of hydrogen-bond acceptors (Lipinski definition) is 4. The highest BCUT2D eigenvalue weighted by Crippen LogP contribution is 2.48. The number of amides is 1. The summed E-state index contributed by atoms with van der Waals surface area (Å²) in [5.41, 5.74) is -2.63. The van der Waals surface area contributed by atoms with E-state index in [9.17, 15) is 19.8 Å². The zero-order valence-electron chi connectivity index (χ0n) is 15.4. The minimum absolute atomic E-state index is 0.0823. The Morgan fingerprint density at radius 1 is 1.24 bits per heavy atom. The molecule has 0 radical (unpaired) electrons. The van der Waals surface area contributed by atoms with Crippen molar-refractivity contribution in [2.75, 3.05) is 6.54 Å². The molecule has 0 aromatic heterocycles. The summed E-state index contributed by atoms with van der Waals surface area (Å²) in [6.07, 6.45) is -1.61. The number of hydrogen-bond donors (Lipinski definition) is 2. The van der Waals surface area contributed by atoms with Crippen LogP contribution >= 0.6 is 0 Å². The Morgan fingerprint density at radius 3 is 2.28 bits per heavy atom. The van der Waals surface area contributed by atoms with Crippen LogP contribution in [0, 0.1) is 5.41 Å². The van der Waals surface area contributed by atoms with Crippen molar-refractivity contribution >= 4 is 12.1 Å². The highest BCUT2D eigenvalue weighted by atomic mass is 16.6. The maximum absolute atomic E-state index is 12.7. The molecule has 1 amide bonds. The summed E-state index contributed by atoms with van der Waals surface area (Å²) in [6, 6.07) is 9.12. The standard InChI is InChI=1S/C19H27NO5/c1-17(2,3)25-16(24)20-12-14(21)18(4,5)19(20,15(22)23)11-13-9-7-6-8-10-13/h6-10,14,21H,11-12H2,1-5H3,(H,22,23)/t14?,19-/m0/s1. The summed E-state index contributed by atoms with van der Waals surface area (Å²) in [4.78, 5) is 26.3. The monoisotopic (exact) mass is 349 g/mol. The van der Waals surface area contributed by atoms with Crippen LogP contribution in [0.4, 0.5) is 4.79 Å². The molecule has 0 bridgehead atoms. The Labute approximate surface area is 148 Å². The molecule has 0 spiro atoms. The molecule has 1 aromatic carbocycles. The number of aliphatic hydroxyl groups excluding tert-OH is 1. The summed E-state index contributed by atoms with van der Waals surface area (Å²) >= 11 is 0. The van der Waals surface area contributed by atoms with Gasteiger partial charge in [0.1, 0.15) is 5.60 Å². The summed E-state index contributed by atoms with van der Waals surface area (Å²) < 4.78 is 5.42. The van der Waals surface area contributed by atoms with Crippen molar-refractivity contribution in [1.82, 2.24) is 4.90 Å². The van der Waals surface area contributed by atoms with Crippen LogP contribution < -0.4 is 0 Å². The molecule has 1 unspecified atom stereocenters. The lowest BCUT2D eigenvalue weighted by Crippen LogP contribution is -2.62. The Bertz CT molecular complexity index is 650. The lowest BCUT2D eigenvalue weighted by atomic mass is 9.68. The van der Waals surface area contributed by atoms with Crippen LogP contribution in [0.2, 0.25) is 0 Å². The molecule has 6 heteroatoms. The molecule has 6 nitrogen and oxygen atoms in total. The van der Waals surface area contributed by atoms with Crippen molar-refractivity contribution in [3.8, 4) is 0 Å². The van der Waals surface area contributed by atoms with Gasteiger partial charge in [-0.05, 0) is 26.3 Å². The van der Waals surface area contributed by atoms with Crippen molar-refractivity contribution in [2.45, 2.75) is 58.3 Å². The minimum Gasteiger partial charge on any atom is -0.479 e. The van der Waals surface area contributed by atoms with Gasteiger partial charge in [0.05, 0.1) is 12.6 Å². The van der Waals surface area contributed by atoms with Gasteiger partial charge in [0, 0.05) is 11.8 Å². The Balaban J connectivity index is 2.53. The molecule has 1 saturated heterocycles. The van der Waals surface area contributed by atoms with Crippen LogP contribution in [-0.2, 0) is 16.0 Å². The van der Waals surface area contributed by atoms with Gasteiger partial charge in [-0.15, -0.1) is 0 Å². The number of aliphatic hydroxyl groups is 1. The van der Waals surface area contributed by atoms with E-state index in [-0.39, 0.29) is 13.0 Å². The predicted octanol–water partition coefficient (Wildman–Crippen LogP) is 2.69. The van der Waals surface area contributed by atoms with Crippen LogP contribution in [0.1, 0.15) is 40.2 Å². The van der Waals surface area contributed by atoms with E-state index in [1.165, 1.54) is 4.90 Å². The number of β-amino-alcohol motifs (C(OH)–C–C–N with tert-alkyl or cyclic N) is 1. The van der Waals surface area contributed by atoms with E-state index in [1.807, 2.05) is 30.3 Å². The number of nitrogens with zero attached hydrogens (tertiary/aromatic N) is 1. The largest absolute Gasteiger partial charge is 0.479 e. The molecule has 1 fully saturated rings. The normalized spacial score (nSPS) is 25.7. The highest BCUT2D eigenvalue weighted by Gasteiger charge is 2.65. The van der Waals surface area contributed by atoms with Gasteiger partial charge in [-0.2, -0.15) is 0 Å². The van der Waals surface area contributed by atoms with Crippen LogP contribution in [0.15, 0.2) is 30.3 Å². The lowest BCUT2D eigenvalue weighted by molar-refractivity contribution is -0.156. The molecule has 138 valence electrons. The second-order valence-corrected chi connectivity index (χ2v) is 8.16. The van der Waals surface area contributed by atoms with Crippen LogP contribution in [0.25, 0.3) is 0 Å². The van der Waals surface area contributed by atoms with Crippen LogP contribution in [0.5, 0.6) is 0 Å². The first-order valence-corrected chi connectivity index (χ1v) is 8.38. The van der Waals surface area contributed by atoms with Crippen molar-refractivity contribution in [3.63, 3.8) is 0 Å². The molecule has 1 heterocycles. The Hall–Kier alpha value is -2.08. The first kappa shape index (κ1) is 19.2. The molecule has 25 heavy (non-hydrogen) atoms. The molecule has 1 aliphatic heterocycles. The smallest absolute Gasteiger partial charge is 0.411 e. The molecule has 1 aliphatic rings. The van der Waals surface area contributed by atoms with Gasteiger partial charge in [-0.3, -0.25) is 4.90 Å². The quantitative estimate of drug-likeness (QED) is 0.876. The molecule has 0 aliphatic carbocycles. The number of benzene rings is 1. The van der Waals surface area contributed by atoms with E-state index in [0.717, 1.165) is 5.56 Å². The molecule has 1 aromatic rings. The Kier molecular flexibility index (Phi) is 4.88. The summed E-state index contributed by atoms with van der Waals surface area (Å²) in [5.74, 6) is -1.15. The van der Waals surface area contributed by atoms with E-state index in [1.54, 1.807) is 34.6 Å². The fourth-order valence-corrected chi connectivity index (χ4v) is 3.41. The molecular formula is C19H27NO5. The lowest BCUT2D eigenvalue weighted by Gasteiger charge is -2.43. The predicted molar refractivity (Wildman–Crippen MR) is 93.2 cm³/mol. The highest BCUT2D eigenvalue weighted by molar-refractivity contribution is 5.87. The van der Waals surface area contributed by atoms with Gasteiger partial charge >= 0.3 is 12.1 Å². The number of carbonyl (C=O) groups excluding carboxylic acids is 1. The van der Waals surface area contributed by atoms with Gasteiger partial charge in [0.2, 0.25) is 0 Å². The van der Waals surface area contributed by atoms with Gasteiger partial charge in [0.15, 0.2) is 5.54 Å². The average molecular weight is 349 g/mol. The Morgan fingerprint density at radius 2 is 1.80 bits per heavy atom. The summed E-state index contributed by atoms with van der Waals surface area (Å²) in [5, 5.41) is 20.7. The molecule has 2 rings (SSSR count). The average Bonchev–Trinajstić information content (AvgIpc) is 2.68. The van der Waals surface area contributed by atoms with Gasteiger partial charge in [-0.25, -0.2) is 9.59 Å². The van der Waals surface area contributed by atoms with Gasteiger partial charge in [0.25, 0.3) is 0 Å². The molecule has 2 atom stereocenters. The summed E-state index contributed by atoms with van der Waals surface area (Å²) in [7, 11) is 0. The molecular weight excluding hydrogens is 322 g/mol. The van der Waals surface area contributed by atoms with Crippen LogP contribution in [0.3, 0.4) is 0 Å². The third-order valence-electron chi connectivity index (χ3n) is 4.99. The maximum Gasteiger partial charge on any atom is 0.411 e. The number of carbonyl (C=O) groups is 2. The number of carboxylic acids is 1. The number of rotatable bonds is 3. The van der Waals surface area contributed by atoms with E-state index in [0.29, 0.717) is 0 Å². The maximum atomic E-state index is 12.7. The number of aliphatic carboxylic acids is 1. The number of ether oxygens (including phenoxy) is 1. The zero-order valence-corrected chi connectivity index (χ0v) is 15.4. The van der Waals surface area contributed by atoms with Gasteiger partial charge in [-0.1, -0.05) is 44.2 Å². The van der Waals surface area contributed by atoms with E-state index < -0.39 is 34.7 Å². The van der Waals surface area contributed by atoms with Crippen LogP contribution in [-0.4, -0.2) is 51.0 Å². The SMILES string of the molecule is CC(C)(C)OC(=O)N1CC(O)C(C)(C)[C@]1(Cc1ccccc1)C(=O)O. The van der Waals surface area contributed by atoms with E-state index >= 15 is 0 Å². The van der Waals surface area contributed by atoms with Crippen molar-refractivity contribution in [1.29, 1.82) is 0 Å². The third-order valence-corrected chi connectivity index (χ3v) is 4.99. The first-order chi connectivity index (χ1) is 11.4. The number of carboxylic acid groups (broad SMARTS) is 1. The first-order valence-electron chi connectivity index (χ1n) is 8.38. The minimum atomic E-state index is -1.60. The summed E-state index contributed by atoms with van der Waals surface area (Å²) in [6.45, 7) is 8.45. The number of likely N-dealkylation sites (tertiary alicyclic amines) is 1.